The molecular formula is C75H86O17. The molecule has 6 aliphatic rings. The zero-order valence-corrected chi connectivity index (χ0v) is 53.0. The van der Waals surface area contributed by atoms with Crippen LogP contribution in [0.2, 0.25) is 0 Å². The van der Waals surface area contributed by atoms with Crippen molar-refractivity contribution in [1.82, 2.24) is 0 Å². The molecule has 1 aliphatic heterocycles. The van der Waals surface area contributed by atoms with Crippen LogP contribution < -0.4 is 0 Å². The molecule has 0 spiro atoms. The van der Waals surface area contributed by atoms with E-state index in [1.165, 1.54) is 0 Å². The second-order valence-corrected chi connectivity index (χ2v) is 27.2. The topological polar surface area (TPSA) is 234 Å². The predicted octanol–water partition coefficient (Wildman–Crippen LogP) is 11.5. The van der Waals surface area contributed by atoms with E-state index in [2.05, 4.69) is 13.8 Å². The Labute approximate surface area is 538 Å². The first-order chi connectivity index (χ1) is 44.3. The van der Waals surface area contributed by atoms with E-state index in [-0.39, 0.29) is 88.6 Å². The number of esters is 5. The molecule has 17 nitrogen and oxygen atoms in total. The Morgan fingerprint density at radius 2 is 1.05 bits per heavy atom. The third kappa shape index (κ3) is 14.2. The summed E-state index contributed by atoms with van der Waals surface area (Å²) >= 11 is 0. The average molecular weight is 1260 g/mol. The Kier molecular flexibility index (Phi) is 20.7. The summed E-state index contributed by atoms with van der Waals surface area (Å²) in [5.41, 5.74) is 0.951. The molecule has 1 heterocycles. The maximum absolute atomic E-state index is 14.5. The standard InChI is InChI=1S/C75H86O17/c1-44(42-86-73-67(92-72(84)51-29-19-10-20-30-51)66(91-71(83)50-27-17-9-18-28-50)64(46(3)87-73)89-69(81)48-23-13-7-14-24-48)31-34-58(76)45(2)61-59(77)41-57-55-33-32-53-40-54(35-37-74(53,4)56(55)36-38-75(57,61)5)88-60-39-52(43-85-68(80)47-21-11-6-12-22-47)62(78)65(63(60)79)90-70(82)49-25-15-8-16-26-49/h6-30,44-46,52-57,60-67,73,78-79H,31-43H2,1-5H3/t44-,45+,46?,52?,53?,54?,55?,56?,57?,60+,61?,62-,63?,64+,65?,66?,67?,73+,74?,75?/m0/s1. The first-order valence-corrected chi connectivity index (χ1v) is 32.9. The number of Topliss-reactive ketones (excluding diaryl/α,β-unsaturated/α-hetero) is 2. The number of aliphatic hydroxyl groups is 2. The van der Waals surface area contributed by atoms with Crippen molar-refractivity contribution in [3.05, 3.63) is 179 Å². The summed E-state index contributed by atoms with van der Waals surface area (Å²) < 4.78 is 49.7. The first-order valence-electron chi connectivity index (χ1n) is 32.9. The molecule has 0 aromatic heterocycles. The number of hydrogen-bond donors (Lipinski definition) is 2. The summed E-state index contributed by atoms with van der Waals surface area (Å²) in [7, 11) is 0. The molecule has 17 heteroatoms. The summed E-state index contributed by atoms with van der Waals surface area (Å²) in [6.07, 6.45) is -3.99. The van der Waals surface area contributed by atoms with Crippen LogP contribution in [0.5, 0.6) is 0 Å². The van der Waals surface area contributed by atoms with Gasteiger partial charge in [0.2, 0.25) is 0 Å². The summed E-state index contributed by atoms with van der Waals surface area (Å²) in [4.78, 5) is 96.8. The summed E-state index contributed by atoms with van der Waals surface area (Å²) in [6.45, 7) is 10.1. The van der Waals surface area contributed by atoms with E-state index in [1.807, 2.05) is 13.8 Å². The molecule has 92 heavy (non-hydrogen) atoms. The minimum atomic E-state index is -1.42. The molecular weight excluding hydrogens is 1170 g/mol. The highest BCUT2D eigenvalue weighted by Gasteiger charge is 2.64. The summed E-state index contributed by atoms with van der Waals surface area (Å²) in [5.74, 6) is -3.96. The molecule has 6 fully saturated rings. The largest absolute Gasteiger partial charge is 0.462 e. The summed E-state index contributed by atoms with van der Waals surface area (Å²) in [6, 6.07) is 41.9. The van der Waals surface area contributed by atoms with E-state index < -0.39 is 103 Å². The van der Waals surface area contributed by atoms with Crippen molar-refractivity contribution in [2.24, 2.45) is 58.2 Å². The lowest BCUT2D eigenvalue weighted by atomic mass is 9.44. The van der Waals surface area contributed by atoms with Crippen molar-refractivity contribution in [3.63, 3.8) is 0 Å². The number of benzene rings is 5. The van der Waals surface area contributed by atoms with Gasteiger partial charge in [-0.15, -0.1) is 0 Å². The molecule has 5 saturated carbocycles. The molecule has 0 bridgehead atoms. The fraction of sp³-hybridized carbons (Fsp3) is 0.507. The fourth-order valence-corrected chi connectivity index (χ4v) is 16.5. The van der Waals surface area contributed by atoms with Gasteiger partial charge in [0.05, 0.1) is 65.4 Å². The van der Waals surface area contributed by atoms with Gasteiger partial charge in [-0.1, -0.05) is 119 Å². The van der Waals surface area contributed by atoms with Crippen LogP contribution in [0.1, 0.15) is 157 Å². The maximum atomic E-state index is 14.5. The number of hydrogen-bond acceptors (Lipinski definition) is 17. The van der Waals surface area contributed by atoms with Crippen LogP contribution in [0.15, 0.2) is 152 Å². The van der Waals surface area contributed by atoms with Gasteiger partial charge in [0, 0.05) is 30.6 Å². The van der Waals surface area contributed by atoms with Gasteiger partial charge in [0.25, 0.3) is 0 Å². The second kappa shape index (κ2) is 28.8. The second-order valence-electron chi connectivity index (χ2n) is 27.2. The molecule has 5 aromatic rings. The van der Waals surface area contributed by atoms with Gasteiger partial charge >= 0.3 is 29.8 Å². The highest BCUT2D eigenvalue weighted by molar-refractivity contribution is 5.93. The number of carbonyl (C=O) groups is 7. The molecule has 5 aromatic carbocycles. The molecule has 20 atom stereocenters. The van der Waals surface area contributed by atoms with E-state index >= 15 is 0 Å². The van der Waals surface area contributed by atoms with Crippen LogP contribution in [0.3, 0.4) is 0 Å². The number of rotatable bonds is 21. The number of ketones is 2. The van der Waals surface area contributed by atoms with E-state index in [0.29, 0.717) is 36.2 Å². The molecule has 14 unspecified atom stereocenters. The molecule has 1 saturated heterocycles. The van der Waals surface area contributed by atoms with Crippen molar-refractivity contribution in [2.45, 2.75) is 166 Å². The molecule has 0 radical (unpaired) electrons. The van der Waals surface area contributed by atoms with Gasteiger partial charge in [-0.3, -0.25) is 9.59 Å². The van der Waals surface area contributed by atoms with Crippen LogP contribution in [0.4, 0.5) is 0 Å². The SMILES string of the molecule is CC1O[C@@H](OC[C@@H](C)CCC(=O)[C@@H](C)C2C(=O)CC3C4CCC5CC(O[C@@H]6CC(COC(=O)c7ccccc7)[C@H](O)C(OC(=O)c7ccccc7)C6O)CCC5(C)C4CCC32C)C(OC(=O)c2ccccc2)C(OC(=O)c2ccccc2)[C@@H]1OC(=O)c1ccccc1. The van der Waals surface area contributed by atoms with Crippen molar-refractivity contribution in [1.29, 1.82) is 0 Å². The smallest absolute Gasteiger partial charge is 0.338 e. The van der Waals surface area contributed by atoms with Gasteiger partial charge in [0.15, 0.2) is 30.7 Å². The third-order valence-corrected chi connectivity index (χ3v) is 21.6. The predicted molar refractivity (Wildman–Crippen MR) is 337 cm³/mol. The Balaban J connectivity index is 0.714. The number of ether oxygens (including phenoxy) is 8. The Bertz CT molecular complexity index is 3370. The van der Waals surface area contributed by atoms with Gasteiger partial charge in [0.1, 0.15) is 17.7 Å². The minimum Gasteiger partial charge on any atom is -0.462 e. The third-order valence-electron chi connectivity index (χ3n) is 21.6. The van der Waals surface area contributed by atoms with Crippen LogP contribution in [0, 0.1) is 58.2 Å². The summed E-state index contributed by atoms with van der Waals surface area (Å²) in [5, 5.41) is 23.6. The van der Waals surface area contributed by atoms with E-state index in [0.717, 1.165) is 44.9 Å². The van der Waals surface area contributed by atoms with Crippen LogP contribution in [0.25, 0.3) is 0 Å². The fourth-order valence-electron chi connectivity index (χ4n) is 16.5. The van der Waals surface area contributed by atoms with Gasteiger partial charge in [-0.05, 0) is 166 Å². The zero-order valence-electron chi connectivity index (χ0n) is 53.0. The Morgan fingerprint density at radius 3 is 1.60 bits per heavy atom. The van der Waals surface area contributed by atoms with Crippen molar-refractivity contribution in [2.75, 3.05) is 13.2 Å². The Hall–Kier alpha value is -7.41. The van der Waals surface area contributed by atoms with Crippen LogP contribution in [-0.4, -0.2) is 126 Å². The monoisotopic (exact) mass is 1260 g/mol. The zero-order chi connectivity index (χ0) is 64.8. The maximum Gasteiger partial charge on any atom is 0.338 e. The van der Waals surface area contributed by atoms with Crippen molar-refractivity contribution < 1.29 is 81.7 Å². The number of carbonyl (C=O) groups excluding carboxylic acids is 7. The lowest BCUT2D eigenvalue weighted by molar-refractivity contribution is -0.292. The van der Waals surface area contributed by atoms with Crippen LogP contribution in [-0.2, 0) is 47.5 Å². The molecule has 488 valence electrons. The van der Waals surface area contributed by atoms with E-state index in [9.17, 15) is 43.8 Å². The normalized spacial score (nSPS) is 33.1. The van der Waals surface area contributed by atoms with Crippen LogP contribution >= 0.6 is 0 Å². The number of fused-ring (bicyclic) bond motifs is 5. The minimum absolute atomic E-state index is 0.0131. The van der Waals surface area contributed by atoms with Gasteiger partial charge < -0.3 is 48.1 Å². The number of aliphatic hydroxyl groups excluding tert-OH is 2. The Morgan fingerprint density at radius 1 is 0.565 bits per heavy atom. The van der Waals surface area contributed by atoms with E-state index in [4.69, 9.17) is 37.9 Å². The van der Waals surface area contributed by atoms with Crippen molar-refractivity contribution >= 4 is 41.4 Å². The molecule has 2 N–H and O–H groups in total. The lowest BCUT2D eigenvalue weighted by Gasteiger charge is -2.61. The van der Waals surface area contributed by atoms with Gasteiger partial charge in [-0.2, -0.15) is 0 Å². The molecule has 5 aliphatic carbocycles. The highest BCUT2D eigenvalue weighted by atomic mass is 16.7. The average Bonchev–Trinajstić information content (AvgIpc) is 1.43. The molecule has 11 rings (SSSR count). The highest BCUT2D eigenvalue weighted by Crippen LogP contribution is 2.68. The molecule has 0 amide bonds. The van der Waals surface area contributed by atoms with E-state index in [1.54, 1.807) is 159 Å². The quantitative estimate of drug-likeness (QED) is 0.0513. The first kappa shape index (κ1) is 66.1. The van der Waals surface area contributed by atoms with Gasteiger partial charge in [-0.25, -0.2) is 24.0 Å². The lowest BCUT2D eigenvalue weighted by Crippen LogP contribution is -2.61. The van der Waals surface area contributed by atoms with Crippen molar-refractivity contribution in [3.8, 4) is 0 Å².